The monoisotopic (exact) mass is 102 g/mol. The van der Waals surface area contributed by atoms with E-state index in [-0.39, 0.29) is 6.04 Å². The molecule has 1 atom stereocenters. The molecule has 0 aromatic carbocycles. The van der Waals surface area contributed by atoms with E-state index >= 15 is 0 Å². The van der Waals surface area contributed by atoms with Crippen molar-refractivity contribution in [2.75, 3.05) is 0 Å². The summed E-state index contributed by atoms with van der Waals surface area (Å²) in [5, 5.41) is 0. The van der Waals surface area contributed by atoms with Crippen molar-refractivity contribution in [1.29, 1.82) is 0 Å². The molecule has 0 rings (SSSR count). The van der Waals surface area contributed by atoms with Crippen molar-refractivity contribution in [3.8, 4) is 0 Å². The molecule has 0 bridgehead atoms. The number of hydrogen-bond acceptors (Lipinski definition) is 3. The lowest BCUT2D eigenvalue weighted by atomic mass is 10.3. The molecule has 0 aliphatic rings. The van der Waals surface area contributed by atoms with Crippen molar-refractivity contribution in [3.05, 3.63) is 0 Å². The second kappa shape index (κ2) is 3.77. The topological polar surface area (TPSA) is 55.1 Å². The molecule has 3 heteroatoms. The summed E-state index contributed by atoms with van der Waals surface area (Å²) in [6.07, 6.45) is 1.54. The molecule has 0 saturated carbocycles. The first-order valence-corrected chi connectivity index (χ1v) is 2.26. The van der Waals surface area contributed by atoms with Crippen LogP contribution >= 0.6 is 0 Å². The highest BCUT2D eigenvalue weighted by Gasteiger charge is 1.95. The highest BCUT2D eigenvalue weighted by atomic mass is 16.1. The SMILES string of the molecule is CCC(C=O)NN. The largest absolute Gasteiger partial charge is 0.302 e. The number of hydrazine groups is 1. The van der Waals surface area contributed by atoms with Crippen molar-refractivity contribution < 1.29 is 4.79 Å². The highest BCUT2D eigenvalue weighted by Crippen LogP contribution is 1.79. The van der Waals surface area contributed by atoms with Gasteiger partial charge >= 0.3 is 0 Å². The fourth-order valence-electron chi connectivity index (χ4n) is 0.253. The van der Waals surface area contributed by atoms with Crippen LogP contribution in [0, 0.1) is 0 Å². The summed E-state index contributed by atoms with van der Waals surface area (Å²) < 4.78 is 0. The Hall–Kier alpha value is -0.410. The summed E-state index contributed by atoms with van der Waals surface area (Å²) in [4.78, 5) is 9.82. The van der Waals surface area contributed by atoms with Crippen LogP contribution < -0.4 is 11.3 Å². The maximum absolute atomic E-state index is 9.82. The summed E-state index contributed by atoms with van der Waals surface area (Å²) in [5.74, 6) is 4.91. The first-order chi connectivity index (χ1) is 3.35. The number of rotatable bonds is 3. The first kappa shape index (κ1) is 6.59. The van der Waals surface area contributed by atoms with Crippen LogP contribution in [-0.2, 0) is 4.79 Å². The van der Waals surface area contributed by atoms with E-state index in [9.17, 15) is 4.79 Å². The molecule has 0 aliphatic carbocycles. The number of hydrogen-bond donors (Lipinski definition) is 2. The van der Waals surface area contributed by atoms with Gasteiger partial charge in [0.05, 0.1) is 6.04 Å². The lowest BCUT2D eigenvalue weighted by Crippen LogP contribution is -2.35. The van der Waals surface area contributed by atoms with Crippen LogP contribution in [0.4, 0.5) is 0 Å². The minimum Gasteiger partial charge on any atom is -0.302 e. The van der Waals surface area contributed by atoms with Crippen LogP contribution in [0.25, 0.3) is 0 Å². The van der Waals surface area contributed by atoms with Crippen LogP contribution in [0.3, 0.4) is 0 Å². The quantitative estimate of drug-likeness (QED) is 0.285. The molecule has 0 spiro atoms. The molecule has 0 amide bonds. The zero-order valence-corrected chi connectivity index (χ0v) is 4.35. The van der Waals surface area contributed by atoms with E-state index in [1.807, 2.05) is 6.92 Å². The summed E-state index contributed by atoms with van der Waals surface area (Å²) in [7, 11) is 0. The van der Waals surface area contributed by atoms with E-state index in [2.05, 4.69) is 5.43 Å². The Kier molecular flexibility index (Phi) is 3.55. The molecule has 42 valence electrons. The number of nitrogens with one attached hydrogen (secondary N) is 1. The zero-order chi connectivity index (χ0) is 5.70. The third-order valence-electron chi connectivity index (χ3n) is 0.818. The Balaban J connectivity index is 3.16. The molecule has 0 radical (unpaired) electrons. The molecule has 0 saturated heterocycles. The van der Waals surface area contributed by atoms with Gasteiger partial charge in [0.25, 0.3) is 0 Å². The minimum atomic E-state index is -0.167. The van der Waals surface area contributed by atoms with E-state index in [0.29, 0.717) is 0 Å². The molecular weight excluding hydrogens is 92.1 g/mol. The summed E-state index contributed by atoms with van der Waals surface area (Å²) in [6, 6.07) is -0.167. The van der Waals surface area contributed by atoms with E-state index < -0.39 is 0 Å². The Morgan fingerprint density at radius 1 is 2.00 bits per heavy atom. The smallest absolute Gasteiger partial charge is 0.138 e. The van der Waals surface area contributed by atoms with Crippen LogP contribution in [-0.4, -0.2) is 12.3 Å². The van der Waals surface area contributed by atoms with E-state index in [0.717, 1.165) is 12.7 Å². The van der Waals surface area contributed by atoms with Gasteiger partial charge in [-0.2, -0.15) is 0 Å². The van der Waals surface area contributed by atoms with Crippen molar-refractivity contribution in [2.45, 2.75) is 19.4 Å². The van der Waals surface area contributed by atoms with Crippen LogP contribution in [0.1, 0.15) is 13.3 Å². The lowest BCUT2D eigenvalue weighted by Gasteiger charge is -2.00. The summed E-state index contributed by atoms with van der Waals surface area (Å²) in [6.45, 7) is 1.89. The van der Waals surface area contributed by atoms with Gasteiger partial charge in [-0.15, -0.1) is 0 Å². The normalized spacial score (nSPS) is 13.4. The van der Waals surface area contributed by atoms with Gasteiger partial charge in [-0.3, -0.25) is 11.3 Å². The fourth-order valence-corrected chi connectivity index (χ4v) is 0.253. The third-order valence-corrected chi connectivity index (χ3v) is 0.818. The van der Waals surface area contributed by atoms with Crippen molar-refractivity contribution in [2.24, 2.45) is 5.84 Å². The fraction of sp³-hybridized carbons (Fsp3) is 0.750. The standard InChI is InChI=1S/C4H10N2O/c1-2-4(3-7)6-5/h3-4,6H,2,5H2,1H3. The van der Waals surface area contributed by atoms with E-state index in [4.69, 9.17) is 5.84 Å². The van der Waals surface area contributed by atoms with Crippen molar-refractivity contribution in [1.82, 2.24) is 5.43 Å². The molecule has 0 aliphatic heterocycles. The molecule has 0 heterocycles. The van der Waals surface area contributed by atoms with Gasteiger partial charge < -0.3 is 4.79 Å². The molecule has 0 aromatic heterocycles. The van der Waals surface area contributed by atoms with Gasteiger partial charge in [0, 0.05) is 0 Å². The van der Waals surface area contributed by atoms with Gasteiger partial charge in [-0.1, -0.05) is 6.92 Å². The summed E-state index contributed by atoms with van der Waals surface area (Å²) in [5.41, 5.74) is 2.33. The Labute approximate surface area is 42.9 Å². The summed E-state index contributed by atoms with van der Waals surface area (Å²) >= 11 is 0. The number of carbonyl (C=O) groups is 1. The molecular formula is C4H10N2O. The predicted molar refractivity (Wildman–Crippen MR) is 27.5 cm³/mol. The molecule has 0 aromatic rings. The minimum absolute atomic E-state index is 0.167. The number of aldehydes is 1. The Morgan fingerprint density at radius 3 is 2.57 bits per heavy atom. The third kappa shape index (κ3) is 2.31. The van der Waals surface area contributed by atoms with Gasteiger partial charge in [-0.05, 0) is 6.42 Å². The van der Waals surface area contributed by atoms with Gasteiger partial charge in [-0.25, -0.2) is 0 Å². The van der Waals surface area contributed by atoms with Gasteiger partial charge in [0.15, 0.2) is 0 Å². The first-order valence-electron chi connectivity index (χ1n) is 2.26. The van der Waals surface area contributed by atoms with Crippen molar-refractivity contribution >= 4 is 6.29 Å². The van der Waals surface area contributed by atoms with Crippen LogP contribution in [0.5, 0.6) is 0 Å². The average molecular weight is 102 g/mol. The molecule has 0 fully saturated rings. The molecule has 3 N–H and O–H groups in total. The number of carbonyl (C=O) groups excluding carboxylic acids is 1. The molecule has 3 nitrogen and oxygen atoms in total. The number of nitrogens with two attached hydrogens (primary N) is 1. The second-order valence-electron chi connectivity index (χ2n) is 1.32. The van der Waals surface area contributed by atoms with Gasteiger partial charge in [0.2, 0.25) is 0 Å². The van der Waals surface area contributed by atoms with Crippen molar-refractivity contribution in [3.63, 3.8) is 0 Å². The lowest BCUT2D eigenvalue weighted by molar-refractivity contribution is -0.109. The average Bonchev–Trinajstić information content (AvgIpc) is 1.72. The zero-order valence-electron chi connectivity index (χ0n) is 4.35. The predicted octanol–water partition coefficient (Wildman–Crippen LogP) is -0.573. The Bertz CT molecular complexity index is 51.7. The molecule has 1 unspecified atom stereocenters. The maximum atomic E-state index is 9.82. The highest BCUT2D eigenvalue weighted by molar-refractivity contribution is 5.56. The molecule has 7 heavy (non-hydrogen) atoms. The van der Waals surface area contributed by atoms with Crippen LogP contribution in [0.15, 0.2) is 0 Å². The van der Waals surface area contributed by atoms with E-state index in [1.54, 1.807) is 0 Å². The maximum Gasteiger partial charge on any atom is 0.138 e. The Morgan fingerprint density at radius 2 is 2.57 bits per heavy atom. The van der Waals surface area contributed by atoms with E-state index in [1.165, 1.54) is 0 Å². The second-order valence-corrected chi connectivity index (χ2v) is 1.32. The van der Waals surface area contributed by atoms with Gasteiger partial charge in [0.1, 0.15) is 6.29 Å². The van der Waals surface area contributed by atoms with Crippen LogP contribution in [0.2, 0.25) is 0 Å².